The first kappa shape index (κ1) is 22.7. The lowest BCUT2D eigenvalue weighted by Gasteiger charge is -2.12. The Kier molecular flexibility index (Phi) is 7.11. The van der Waals surface area contributed by atoms with Crippen LogP contribution in [0.3, 0.4) is 0 Å². The highest BCUT2D eigenvalue weighted by Crippen LogP contribution is 2.39. The van der Waals surface area contributed by atoms with Crippen LogP contribution < -0.4 is 9.47 Å². The van der Waals surface area contributed by atoms with Gasteiger partial charge in [-0.3, -0.25) is 0 Å². The smallest absolute Gasteiger partial charge is 0.124 e. The van der Waals surface area contributed by atoms with Crippen molar-refractivity contribution in [1.82, 2.24) is 10.2 Å². The molecule has 162 valence electrons. The maximum atomic E-state index is 6.18. The molecule has 4 nitrogen and oxygen atoms in total. The second-order valence-corrected chi connectivity index (χ2v) is 8.99. The molecule has 0 aliphatic carbocycles. The van der Waals surface area contributed by atoms with Gasteiger partial charge in [-0.25, -0.2) is 0 Å². The lowest BCUT2D eigenvalue weighted by molar-refractivity contribution is 0.414. The second kappa shape index (κ2) is 10.0. The van der Waals surface area contributed by atoms with Crippen LogP contribution in [-0.2, 0) is 0 Å². The first-order valence-corrected chi connectivity index (χ1v) is 11.4. The molecule has 32 heavy (non-hydrogen) atoms. The average molecular weight is 504 g/mol. The number of aromatic nitrogens is 2. The van der Waals surface area contributed by atoms with Gasteiger partial charge in [-0.15, -0.1) is 10.2 Å². The van der Waals surface area contributed by atoms with E-state index in [0.29, 0.717) is 20.1 Å². The average Bonchev–Trinajstić information content (AvgIpc) is 2.82. The first-order chi connectivity index (χ1) is 15.5. The van der Waals surface area contributed by atoms with Gasteiger partial charge in [-0.2, -0.15) is 0 Å². The Morgan fingerprint density at radius 2 is 1.22 bits per heavy atom. The summed E-state index contributed by atoms with van der Waals surface area (Å²) in [7, 11) is 3.28. The van der Waals surface area contributed by atoms with Crippen LogP contribution >= 0.6 is 46.6 Å². The largest absolute Gasteiger partial charge is 0.497 e. The van der Waals surface area contributed by atoms with E-state index in [1.807, 2.05) is 54.6 Å². The van der Waals surface area contributed by atoms with E-state index in [-0.39, 0.29) is 0 Å². The van der Waals surface area contributed by atoms with Crippen molar-refractivity contribution in [1.29, 1.82) is 0 Å². The normalized spacial score (nSPS) is 10.8. The van der Waals surface area contributed by atoms with Gasteiger partial charge in [0.15, 0.2) is 0 Å². The zero-order valence-corrected chi connectivity index (χ0v) is 20.2. The molecule has 0 saturated carbocycles. The Morgan fingerprint density at radius 3 is 1.75 bits per heavy atom. The number of nitrogens with zero attached hydrogens (tertiary/aromatic N) is 2. The van der Waals surface area contributed by atoms with Crippen LogP contribution in [0, 0.1) is 0 Å². The fourth-order valence-electron chi connectivity index (χ4n) is 3.09. The Hall–Kier alpha value is -2.44. The van der Waals surface area contributed by atoms with Crippen LogP contribution in [0.4, 0.5) is 0 Å². The Labute approximate surface area is 205 Å². The highest BCUT2D eigenvalue weighted by Gasteiger charge is 2.14. The number of hydrogen-bond acceptors (Lipinski definition) is 5. The maximum absolute atomic E-state index is 6.18. The summed E-state index contributed by atoms with van der Waals surface area (Å²) in [5.74, 6) is 1.55. The van der Waals surface area contributed by atoms with Crippen LogP contribution in [-0.4, -0.2) is 24.4 Å². The number of halogens is 3. The molecular formula is C24H17Cl3N2O2S. The van der Waals surface area contributed by atoms with E-state index in [1.54, 1.807) is 26.4 Å². The molecule has 0 bridgehead atoms. The van der Waals surface area contributed by atoms with E-state index in [0.717, 1.165) is 38.8 Å². The van der Waals surface area contributed by atoms with Crippen LogP contribution in [0.25, 0.3) is 22.4 Å². The zero-order valence-electron chi connectivity index (χ0n) is 17.1. The molecule has 1 aromatic heterocycles. The van der Waals surface area contributed by atoms with E-state index in [9.17, 15) is 0 Å². The fraction of sp³-hybridized carbons (Fsp3) is 0.0833. The molecule has 0 aliphatic heterocycles. The van der Waals surface area contributed by atoms with Gasteiger partial charge in [0.25, 0.3) is 0 Å². The predicted octanol–water partition coefficient (Wildman–Crippen LogP) is 7.94. The van der Waals surface area contributed by atoms with Gasteiger partial charge in [0, 0.05) is 16.0 Å². The number of benzene rings is 3. The number of methoxy groups -OCH3 is 2. The topological polar surface area (TPSA) is 44.2 Å². The Bertz CT molecular complexity index is 1230. The van der Waals surface area contributed by atoms with Crippen LogP contribution in [0.5, 0.6) is 11.5 Å². The van der Waals surface area contributed by atoms with Gasteiger partial charge in [-0.1, -0.05) is 58.7 Å². The van der Waals surface area contributed by atoms with Crippen molar-refractivity contribution in [3.05, 3.63) is 81.8 Å². The van der Waals surface area contributed by atoms with E-state index in [4.69, 9.17) is 44.3 Å². The van der Waals surface area contributed by atoms with Crippen molar-refractivity contribution in [2.24, 2.45) is 0 Å². The molecule has 4 rings (SSSR count). The van der Waals surface area contributed by atoms with Crippen LogP contribution in [0.1, 0.15) is 0 Å². The second-order valence-electron chi connectivity index (χ2n) is 6.70. The van der Waals surface area contributed by atoms with E-state index >= 15 is 0 Å². The fourth-order valence-corrected chi connectivity index (χ4v) is 4.67. The van der Waals surface area contributed by atoms with Gasteiger partial charge >= 0.3 is 0 Å². The molecule has 0 amide bonds. The highest BCUT2D eigenvalue weighted by atomic mass is 35.5. The standard InChI is InChI=1S/C24H17Cl3N2O2S/c1-30-16-7-3-14(4-8-16)19-13-22(32-18-11-20(25)23(27)21(26)12-18)28-29-24(19)15-5-9-17(31-2)10-6-15/h3-13H,1-2H3. The van der Waals surface area contributed by atoms with E-state index in [2.05, 4.69) is 10.2 Å². The molecule has 3 aromatic carbocycles. The van der Waals surface area contributed by atoms with Gasteiger partial charge in [0.1, 0.15) is 22.2 Å². The lowest BCUT2D eigenvalue weighted by Crippen LogP contribution is -1.95. The van der Waals surface area contributed by atoms with E-state index in [1.165, 1.54) is 11.8 Å². The van der Waals surface area contributed by atoms with Gasteiger partial charge in [0.2, 0.25) is 0 Å². The molecule has 0 saturated heterocycles. The molecule has 0 aliphatic rings. The molecule has 8 heteroatoms. The Morgan fingerprint density at radius 1 is 0.688 bits per heavy atom. The minimum atomic E-state index is 0.331. The Balaban J connectivity index is 1.78. The minimum absolute atomic E-state index is 0.331. The van der Waals surface area contributed by atoms with Crippen LogP contribution in [0.2, 0.25) is 15.1 Å². The molecule has 0 atom stereocenters. The SMILES string of the molecule is COc1ccc(-c2cc(Sc3cc(Cl)c(Cl)c(Cl)c3)nnc2-c2ccc(OC)cc2)cc1. The van der Waals surface area contributed by atoms with Crippen LogP contribution in [0.15, 0.2) is 76.7 Å². The molecule has 4 aromatic rings. The van der Waals surface area contributed by atoms with E-state index < -0.39 is 0 Å². The summed E-state index contributed by atoms with van der Waals surface area (Å²) in [5.41, 5.74) is 3.61. The van der Waals surface area contributed by atoms with Gasteiger partial charge < -0.3 is 9.47 Å². The summed E-state index contributed by atoms with van der Waals surface area (Å²) in [4.78, 5) is 0.816. The van der Waals surface area contributed by atoms with Crippen molar-refractivity contribution < 1.29 is 9.47 Å². The highest BCUT2D eigenvalue weighted by molar-refractivity contribution is 7.99. The van der Waals surface area contributed by atoms with Crippen molar-refractivity contribution in [3.8, 4) is 33.9 Å². The lowest BCUT2D eigenvalue weighted by atomic mass is 10.00. The molecule has 1 heterocycles. The third kappa shape index (κ3) is 4.97. The predicted molar refractivity (Wildman–Crippen MR) is 132 cm³/mol. The summed E-state index contributed by atoms with van der Waals surface area (Å²) in [6.07, 6.45) is 0. The van der Waals surface area contributed by atoms with Gasteiger partial charge in [-0.05, 0) is 60.2 Å². The molecule has 0 fully saturated rings. The monoisotopic (exact) mass is 502 g/mol. The van der Waals surface area contributed by atoms with Crippen molar-refractivity contribution in [3.63, 3.8) is 0 Å². The molecule has 0 radical (unpaired) electrons. The third-order valence-corrected chi connectivity index (χ3v) is 6.79. The van der Waals surface area contributed by atoms with Crippen molar-refractivity contribution in [2.45, 2.75) is 9.92 Å². The molecular weight excluding hydrogens is 487 g/mol. The third-order valence-electron chi connectivity index (χ3n) is 4.72. The van der Waals surface area contributed by atoms with Gasteiger partial charge in [0.05, 0.1) is 29.3 Å². The summed E-state index contributed by atoms with van der Waals surface area (Å²) < 4.78 is 10.6. The molecule has 0 spiro atoms. The number of hydrogen-bond donors (Lipinski definition) is 0. The van der Waals surface area contributed by atoms with Crippen molar-refractivity contribution >= 4 is 46.6 Å². The summed E-state index contributed by atoms with van der Waals surface area (Å²) >= 11 is 19.8. The number of rotatable bonds is 6. The molecule has 0 N–H and O–H groups in total. The summed E-state index contributed by atoms with van der Waals surface area (Å²) in [5, 5.41) is 10.8. The maximum Gasteiger partial charge on any atom is 0.124 e. The molecule has 0 unspecified atom stereocenters. The summed E-state index contributed by atoms with van der Waals surface area (Å²) in [6, 6.07) is 21.0. The van der Waals surface area contributed by atoms with Crippen molar-refractivity contribution in [2.75, 3.05) is 14.2 Å². The summed E-state index contributed by atoms with van der Waals surface area (Å²) in [6.45, 7) is 0. The quantitative estimate of drug-likeness (QED) is 0.250. The number of ether oxygens (including phenoxy) is 2. The first-order valence-electron chi connectivity index (χ1n) is 9.47. The minimum Gasteiger partial charge on any atom is -0.497 e. The zero-order chi connectivity index (χ0) is 22.7.